The number of rotatable bonds is 4. The summed E-state index contributed by atoms with van der Waals surface area (Å²) in [6, 6.07) is 1.19. The average Bonchev–Trinajstić information content (AvgIpc) is 2.64. The van der Waals surface area contributed by atoms with Gasteiger partial charge in [-0.1, -0.05) is 11.6 Å². The van der Waals surface area contributed by atoms with Crippen molar-refractivity contribution in [3.63, 3.8) is 0 Å². The Balaban J connectivity index is 1.96. The smallest absolute Gasteiger partial charge is 0.0929 e. The molecule has 1 aliphatic heterocycles. The predicted octanol–water partition coefficient (Wildman–Crippen LogP) is 0.396. The van der Waals surface area contributed by atoms with E-state index in [-0.39, 0.29) is 12.7 Å². The van der Waals surface area contributed by atoms with E-state index in [2.05, 4.69) is 18.0 Å². The molecule has 0 aromatic carbocycles. The summed E-state index contributed by atoms with van der Waals surface area (Å²) in [5.41, 5.74) is 1.45. The van der Waals surface area contributed by atoms with E-state index in [9.17, 15) is 0 Å². The molecule has 0 aromatic heterocycles. The van der Waals surface area contributed by atoms with Crippen molar-refractivity contribution in [1.82, 2.24) is 4.90 Å². The van der Waals surface area contributed by atoms with Crippen LogP contribution in [0.1, 0.15) is 12.8 Å². The van der Waals surface area contributed by atoms with Crippen molar-refractivity contribution in [1.29, 1.82) is 0 Å². The van der Waals surface area contributed by atoms with Crippen LogP contribution < -0.4 is 0 Å². The third kappa shape index (κ3) is 1.41. The van der Waals surface area contributed by atoms with Crippen LogP contribution >= 0.6 is 0 Å². The lowest BCUT2D eigenvalue weighted by Gasteiger charge is -2.09. The molecule has 0 bridgehead atoms. The quantitative estimate of drug-likeness (QED) is 0.505. The molecular weight excluding hydrogens is 166 g/mol. The Bertz CT molecular complexity index is 227. The fraction of sp³-hybridized carbons (Fsp3) is 0.800. The largest absolute Gasteiger partial charge is 0.396 e. The van der Waals surface area contributed by atoms with Gasteiger partial charge in [-0.2, -0.15) is 0 Å². The Kier molecular flexibility index (Phi) is 2.41. The highest BCUT2D eigenvalue weighted by atomic mass is 16.5. The zero-order valence-corrected chi connectivity index (χ0v) is 8.23. The van der Waals surface area contributed by atoms with Crippen molar-refractivity contribution in [2.45, 2.75) is 31.0 Å². The number of methoxy groups -OCH3 is 1. The second-order valence-corrected chi connectivity index (χ2v) is 3.87. The van der Waals surface area contributed by atoms with Gasteiger partial charge in [0.1, 0.15) is 0 Å². The van der Waals surface area contributed by atoms with E-state index in [1.807, 2.05) is 0 Å². The zero-order valence-electron chi connectivity index (χ0n) is 8.23. The van der Waals surface area contributed by atoms with Crippen LogP contribution in [0.3, 0.4) is 0 Å². The van der Waals surface area contributed by atoms with Gasteiger partial charge < -0.3 is 9.84 Å². The lowest BCUT2D eigenvalue weighted by molar-refractivity contribution is 0.131. The molecule has 13 heavy (non-hydrogen) atoms. The topological polar surface area (TPSA) is 32.5 Å². The minimum atomic E-state index is 0.281. The Hall–Kier alpha value is -0.380. The maximum absolute atomic E-state index is 8.74. The standard InChI is InChI=1S/C10H17NO2/c1-11-9-7(4-3-5-12)6-8(13-2)10(9)11/h6,8-10,12H,3-5H2,1-2H3/t8-,9-,10+,11?/m0/s1. The predicted molar refractivity (Wildman–Crippen MR) is 50.5 cm³/mol. The molecular formula is C10H17NO2. The first-order valence-electron chi connectivity index (χ1n) is 4.85. The summed E-state index contributed by atoms with van der Waals surface area (Å²) in [6.45, 7) is 0.288. The molecule has 3 nitrogen and oxygen atoms in total. The Labute approximate surface area is 79.0 Å². The van der Waals surface area contributed by atoms with Crippen LogP contribution in [0, 0.1) is 0 Å². The maximum Gasteiger partial charge on any atom is 0.0929 e. The number of fused-ring (bicyclic) bond motifs is 1. The van der Waals surface area contributed by atoms with E-state index in [4.69, 9.17) is 9.84 Å². The molecule has 1 saturated heterocycles. The van der Waals surface area contributed by atoms with Gasteiger partial charge in [0.25, 0.3) is 0 Å². The fourth-order valence-electron chi connectivity index (χ4n) is 2.39. The molecule has 1 heterocycles. The van der Waals surface area contributed by atoms with Gasteiger partial charge in [-0.05, 0) is 19.9 Å². The van der Waals surface area contributed by atoms with E-state index in [1.165, 1.54) is 5.57 Å². The monoisotopic (exact) mass is 183 g/mol. The average molecular weight is 183 g/mol. The van der Waals surface area contributed by atoms with Gasteiger partial charge in [0.05, 0.1) is 12.1 Å². The van der Waals surface area contributed by atoms with Gasteiger partial charge in [0.2, 0.25) is 0 Å². The summed E-state index contributed by atoms with van der Waals surface area (Å²) in [5, 5.41) is 8.74. The fourth-order valence-corrected chi connectivity index (χ4v) is 2.39. The van der Waals surface area contributed by atoms with Crippen molar-refractivity contribution < 1.29 is 9.84 Å². The van der Waals surface area contributed by atoms with Crippen LogP contribution in [-0.2, 0) is 4.74 Å². The second-order valence-electron chi connectivity index (χ2n) is 3.87. The normalized spacial score (nSPS) is 41.6. The molecule has 1 fully saturated rings. The minimum absolute atomic E-state index is 0.281. The van der Waals surface area contributed by atoms with E-state index in [0.29, 0.717) is 12.1 Å². The third-order valence-electron chi connectivity index (χ3n) is 3.13. The molecule has 0 radical (unpaired) electrons. The molecule has 0 amide bonds. The Morgan fingerprint density at radius 2 is 2.38 bits per heavy atom. The number of likely N-dealkylation sites (N-methyl/N-ethyl adjacent to an activating group) is 1. The summed E-state index contributed by atoms with van der Waals surface area (Å²) >= 11 is 0. The van der Waals surface area contributed by atoms with E-state index >= 15 is 0 Å². The number of hydrogen-bond donors (Lipinski definition) is 1. The molecule has 1 N–H and O–H groups in total. The molecule has 2 rings (SSSR count). The molecule has 74 valence electrons. The summed E-state index contributed by atoms with van der Waals surface area (Å²) in [4.78, 5) is 2.33. The molecule has 4 atom stereocenters. The SMILES string of the molecule is CO[C@H]1C=C(CCCO)[C@H]2[C@@H]1N2C. The van der Waals surface area contributed by atoms with Gasteiger partial charge in [-0.15, -0.1) is 0 Å². The number of nitrogens with zero attached hydrogens (tertiary/aromatic N) is 1. The molecule has 0 aromatic rings. The molecule has 2 aliphatic rings. The van der Waals surface area contributed by atoms with Gasteiger partial charge in [0, 0.05) is 19.8 Å². The molecule has 0 saturated carbocycles. The minimum Gasteiger partial charge on any atom is -0.396 e. The van der Waals surface area contributed by atoms with Crippen molar-refractivity contribution in [2.24, 2.45) is 0 Å². The lowest BCUT2D eigenvalue weighted by atomic mass is 10.1. The van der Waals surface area contributed by atoms with Gasteiger partial charge in [0.15, 0.2) is 0 Å². The highest BCUT2D eigenvalue weighted by Crippen LogP contribution is 2.43. The number of hydrogen-bond acceptors (Lipinski definition) is 3. The summed E-state index contributed by atoms with van der Waals surface area (Å²) in [7, 11) is 3.90. The van der Waals surface area contributed by atoms with Crippen molar-refractivity contribution >= 4 is 0 Å². The van der Waals surface area contributed by atoms with Gasteiger partial charge in [-0.25, -0.2) is 0 Å². The summed E-state index contributed by atoms with van der Waals surface area (Å²) < 4.78 is 5.37. The van der Waals surface area contributed by atoms with Gasteiger partial charge in [-0.3, -0.25) is 4.90 Å². The van der Waals surface area contributed by atoms with Gasteiger partial charge >= 0.3 is 0 Å². The third-order valence-corrected chi connectivity index (χ3v) is 3.13. The van der Waals surface area contributed by atoms with Crippen molar-refractivity contribution in [3.8, 4) is 0 Å². The van der Waals surface area contributed by atoms with E-state index < -0.39 is 0 Å². The molecule has 1 aliphatic carbocycles. The first kappa shape index (κ1) is 9.19. The van der Waals surface area contributed by atoms with Crippen LogP contribution in [0.5, 0.6) is 0 Å². The summed E-state index contributed by atoms with van der Waals surface area (Å²) in [5.74, 6) is 0. The second kappa shape index (κ2) is 3.40. The first-order valence-corrected chi connectivity index (χ1v) is 4.85. The van der Waals surface area contributed by atoms with Crippen LogP contribution in [0.2, 0.25) is 0 Å². The van der Waals surface area contributed by atoms with E-state index in [1.54, 1.807) is 7.11 Å². The first-order chi connectivity index (χ1) is 6.29. The highest BCUT2D eigenvalue weighted by Gasteiger charge is 2.54. The van der Waals surface area contributed by atoms with E-state index in [0.717, 1.165) is 12.8 Å². The van der Waals surface area contributed by atoms with Crippen LogP contribution in [-0.4, -0.2) is 49.0 Å². The van der Waals surface area contributed by atoms with Crippen LogP contribution in [0.25, 0.3) is 0 Å². The Morgan fingerprint density at radius 3 is 2.92 bits per heavy atom. The van der Waals surface area contributed by atoms with Crippen molar-refractivity contribution in [2.75, 3.05) is 20.8 Å². The van der Waals surface area contributed by atoms with Crippen LogP contribution in [0.15, 0.2) is 11.6 Å². The number of aliphatic hydroxyl groups excluding tert-OH is 1. The Morgan fingerprint density at radius 1 is 1.62 bits per heavy atom. The number of ether oxygens (including phenoxy) is 1. The van der Waals surface area contributed by atoms with Crippen molar-refractivity contribution in [3.05, 3.63) is 11.6 Å². The number of aliphatic hydroxyl groups is 1. The molecule has 0 spiro atoms. The maximum atomic E-state index is 8.74. The lowest BCUT2D eigenvalue weighted by Crippen LogP contribution is -2.16. The summed E-state index contributed by atoms with van der Waals surface area (Å²) in [6.07, 6.45) is 4.40. The van der Waals surface area contributed by atoms with Crippen LogP contribution in [0.4, 0.5) is 0 Å². The molecule has 3 heteroatoms. The zero-order chi connectivity index (χ0) is 9.42. The highest BCUT2D eigenvalue weighted by molar-refractivity contribution is 5.35. The molecule has 1 unspecified atom stereocenters.